The molecule has 0 saturated carbocycles. The standard InChI is InChI=1S/C27H46N4O2S4/c1-7-28-16-22(34)30(24(28)36)18-26(3,4)14-12-20(32)10-9-11-21(33)13-15-27(5,6)19-31-23(35)17-29(8-2)25(31)37/h24,36H,7-19H2,1-6H3. The van der Waals surface area contributed by atoms with Gasteiger partial charge in [0.25, 0.3) is 0 Å². The van der Waals surface area contributed by atoms with Crippen molar-refractivity contribution < 1.29 is 9.59 Å². The normalized spacial score (nSPS) is 19.5. The summed E-state index contributed by atoms with van der Waals surface area (Å²) >= 11 is 21.4. The number of rotatable bonds is 16. The van der Waals surface area contributed by atoms with Crippen molar-refractivity contribution in [2.24, 2.45) is 10.8 Å². The van der Waals surface area contributed by atoms with Gasteiger partial charge in [-0.3, -0.25) is 14.5 Å². The number of nitrogens with zero attached hydrogens (tertiary/aromatic N) is 4. The Morgan fingerprint density at radius 3 is 1.84 bits per heavy atom. The molecule has 10 heteroatoms. The number of hydrogen-bond acceptors (Lipinski definition) is 7. The van der Waals surface area contributed by atoms with E-state index in [0.29, 0.717) is 38.6 Å². The third-order valence-electron chi connectivity index (χ3n) is 7.44. The molecule has 0 aliphatic carbocycles. The fourth-order valence-corrected chi connectivity index (χ4v) is 6.46. The largest absolute Gasteiger partial charge is 0.342 e. The molecule has 37 heavy (non-hydrogen) atoms. The fourth-order valence-electron chi connectivity index (χ4n) is 4.85. The van der Waals surface area contributed by atoms with Crippen molar-refractivity contribution in [2.75, 3.05) is 39.3 Å². The van der Waals surface area contributed by atoms with Gasteiger partial charge in [0, 0.05) is 45.3 Å². The Kier molecular flexibility index (Phi) is 12.4. The van der Waals surface area contributed by atoms with Crippen molar-refractivity contribution in [3.8, 4) is 0 Å². The molecule has 0 bridgehead atoms. The Hall–Kier alpha value is -0.680. The van der Waals surface area contributed by atoms with Gasteiger partial charge in [0.15, 0.2) is 5.11 Å². The lowest BCUT2D eigenvalue weighted by Gasteiger charge is -2.34. The van der Waals surface area contributed by atoms with Crippen molar-refractivity contribution >= 4 is 75.9 Å². The number of thiol groups is 1. The lowest BCUT2D eigenvalue weighted by atomic mass is 9.85. The van der Waals surface area contributed by atoms with E-state index in [-0.39, 0.29) is 27.9 Å². The van der Waals surface area contributed by atoms with Crippen LogP contribution in [0.3, 0.4) is 0 Å². The van der Waals surface area contributed by atoms with Crippen LogP contribution in [0.2, 0.25) is 0 Å². The number of likely N-dealkylation sites (N-methyl/N-ethyl adjacent to an activating group) is 2. The Balaban J connectivity index is 1.67. The summed E-state index contributed by atoms with van der Waals surface area (Å²) in [6.45, 7) is 17.7. The molecule has 0 N–H and O–H groups in total. The monoisotopic (exact) mass is 586 g/mol. The second-order valence-electron chi connectivity index (χ2n) is 12.0. The SMILES string of the molecule is CCN1CC(=S)N(CC(C)(C)CCC(=O)CCCC(=O)CCC(C)(C)CN2C(=S)CN(CC)C2S)C1=S. The molecule has 0 amide bonds. The number of carbonyl (C=O) groups is 2. The van der Waals surface area contributed by atoms with Crippen molar-refractivity contribution in [3.63, 3.8) is 0 Å². The van der Waals surface area contributed by atoms with E-state index in [2.05, 4.69) is 56.2 Å². The van der Waals surface area contributed by atoms with Crippen LogP contribution >= 0.6 is 49.3 Å². The molecule has 2 aliphatic heterocycles. The Morgan fingerprint density at radius 2 is 1.38 bits per heavy atom. The van der Waals surface area contributed by atoms with Crippen molar-refractivity contribution in [3.05, 3.63) is 0 Å². The van der Waals surface area contributed by atoms with Gasteiger partial charge in [-0.2, -0.15) is 0 Å². The molecule has 210 valence electrons. The molecule has 2 rings (SSSR count). The van der Waals surface area contributed by atoms with Crippen molar-refractivity contribution in [1.82, 2.24) is 19.6 Å². The predicted molar refractivity (Wildman–Crippen MR) is 168 cm³/mol. The van der Waals surface area contributed by atoms with Crippen molar-refractivity contribution in [2.45, 2.75) is 92.0 Å². The maximum Gasteiger partial charge on any atom is 0.176 e. The summed E-state index contributed by atoms with van der Waals surface area (Å²) < 4.78 is 0. The summed E-state index contributed by atoms with van der Waals surface area (Å²) in [6.07, 6.45) is 4.20. The van der Waals surface area contributed by atoms with Gasteiger partial charge in [-0.15, -0.1) is 12.6 Å². The van der Waals surface area contributed by atoms with Gasteiger partial charge >= 0.3 is 0 Å². The highest BCUT2D eigenvalue weighted by Crippen LogP contribution is 2.30. The number of hydrogen-bond donors (Lipinski definition) is 1. The molecule has 6 nitrogen and oxygen atoms in total. The summed E-state index contributed by atoms with van der Waals surface area (Å²) in [5, 5.41) is 0.796. The lowest BCUT2D eigenvalue weighted by molar-refractivity contribution is -0.121. The van der Waals surface area contributed by atoms with E-state index >= 15 is 0 Å². The quantitative estimate of drug-likeness (QED) is 0.191. The second-order valence-corrected chi connectivity index (χ2v) is 13.7. The van der Waals surface area contributed by atoms with Crippen LogP contribution in [0.4, 0.5) is 0 Å². The molecule has 0 radical (unpaired) electrons. The molecule has 2 fully saturated rings. The first-order valence-electron chi connectivity index (χ1n) is 13.5. The zero-order chi connectivity index (χ0) is 28.0. The number of carbonyl (C=O) groups excluding carboxylic acids is 2. The van der Waals surface area contributed by atoms with Gasteiger partial charge in [-0.25, -0.2) is 0 Å². The third-order valence-corrected chi connectivity index (χ3v) is 9.23. The molecule has 0 aromatic rings. The van der Waals surface area contributed by atoms with Gasteiger partial charge < -0.3 is 14.7 Å². The van der Waals surface area contributed by atoms with Gasteiger partial charge in [0.2, 0.25) is 0 Å². The van der Waals surface area contributed by atoms with Crippen LogP contribution in [0.25, 0.3) is 0 Å². The predicted octanol–water partition coefficient (Wildman–Crippen LogP) is 5.34. The van der Waals surface area contributed by atoms with E-state index in [1.165, 1.54) is 0 Å². The van der Waals surface area contributed by atoms with Gasteiger partial charge in [-0.1, -0.05) is 59.1 Å². The summed E-state index contributed by atoms with van der Waals surface area (Å²) in [7, 11) is 0. The molecule has 2 saturated heterocycles. The van der Waals surface area contributed by atoms with E-state index in [9.17, 15) is 9.59 Å². The molecule has 1 unspecified atom stereocenters. The van der Waals surface area contributed by atoms with Crippen LogP contribution in [0, 0.1) is 10.8 Å². The van der Waals surface area contributed by atoms with Crippen LogP contribution in [-0.2, 0) is 9.59 Å². The number of ketones is 2. The van der Waals surface area contributed by atoms with E-state index < -0.39 is 0 Å². The van der Waals surface area contributed by atoms with Crippen molar-refractivity contribution in [1.29, 1.82) is 0 Å². The zero-order valence-electron chi connectivity index (χ0n) is 23.5. The summed E-state index contributed by atoms with van der Waals surface area (Å²) in [4.78, 5) is 35.5. The molecule has 2 heterocycles. The van der Waals surface area contributed by atoms with E-state index in [1.54, 1.807) is 0 Å². The molecule has 0 spiro atoms. The minimum atomic E-state index is -0.0766. The Labute approximate surface area is 246 Å². The summed E-state index contributed by atoms with van der Waals surface area (Å²) in [6, 6.07) is 0. The molecular formula is C27H46N4O2S4. The average molecular weight is 587 g/mol. The first-order valence-corrected chi connectivity index (χ1v) is 15.3. The fraction of sp³-hybridized carbons (Fsp3) is 0.815. The summed E-state index contributed by atoms with van der Waals surface area (Å²) in [5.41, 5.74) is -0.106. The average Bonchev–Trinajstić information content (AvgIpc) is 3.25. The second kappa shape index (κ2) is 14.1. The van der Waals surface area contributed by atoms with E-state index in [1.807, 2.05) is 4.90 Å². The van der Waals surface area contributed by atoms with Crippen LogP contribution in [0.15, 0.2) is 0 Å². The highest BCUT2D eigenvalue weighted by molar-refractivity contribution is 7.82. The molecule has 2 aliphatic rings. The van der Waals surface area contributed by atoms with Crippen LogP contribution in [0.1, 0.15) is 86.5 Å². The first kappa shape index (κ1) is 32.5. The number of Topliss-reactive ketones (excluding diaryl/α,β-unsaturated/α-hetero) is 2. The highest BCUT2D eigenvalue weighted by atomic mass is 32.1. The minimum absolute atomic E-state index is 0.0121. The maximum atomic E-state index is 12.6. The van der Waals surface area contributed by atoms with Crippen LogP contribution < -0.4 is 0 Å². The molecular weight excluding hydrogens is 541 g/mol. The van der Waals surface area contributed by atoms with Gasteiger partial charge in [-0.05, 0) is 55.8 Å². The topological polar surface area (TPSA) is 47.1 Å². The minimum Gasteiger partial charge on any atom is -0.342 e. The Morgan fingerprint density at radius 1 is 0.838 bits per heavy atom. The van der Waals surface area contributed by atoms with Crippen LogP contribution in [-0.4, -0.2) is 91.0 Å². The van der Waals surface area contributed by atoms with Gasteiger partial charge in [0.05, 0.1) is 18.1 Å². The highest BCUT2D eigenvalue weighted by Gasteiger charge is 2.36. The zero-order valence-corrected chi connectivity index (χ0v) is 26.9. The maximum absolute atomic E-state index is 12.6. The molecule has 0 aromatic carbocycles. The van der Waals surface area contributed by atoms with Crippen LogP contribution in [0.5, 0.6) is 0 Å². The number of thiocarbonyl (C=S) groups is 3. The molecule has 1 atom stereocenters. The third kappa shape index (κ3) is 9.78. The smallest absolute Gasteiger partial charge is 0.176 e. The van der Waals surface area contributed by atoms with Gasteiger partial charge in [0.1, 0.15) is 22.1 Å². The van der Waals surface area contributed by atoms with E-state index in [4.69, 9.17) is 49.3 Å². The Bertz CT molecular complexity index is 876. The lowest BCUT2D eigenvalue weighted by Crippen LogP contribution is -2.41. The van der Waals surface area contributed by atoms with E-state index in [0.717, 1.165) is 60.7 Å². The molecule has 0 aromatic heterocycles. The summed E-state index contributed by atoms with van der Waals surface area (Å²) in [5.74, 6) is 0.463. The first-order chi connectivity index (χ1) is 17.2.